The number of para-hydroxylation sites is 2. The van der Waals surface area contributed by atoms with Gasteiger partial charge in [0.2, 0.25) is 0 Å². The number of hydrogen-bond donors (Lipinski definition) is 2. The smallest absolute Gasteiger partial charge is 0.125 e. The van der Waals surface area contributed by atoms with Crippen molar-refractivity contribution in [1.29, 1.82) is 0 Å². The van der Waals surface area contributed by atoms with Crippen molar-refractivity contribution >= 4 is 11.4 Å². The summed E-state index contributed by atoms with van der Waals surface area (Å²) < 4.78 is 5.30. The van der Waals surface area contributed by atoms with Gasteiger partial charge in [-0.05, 0) is 31.2 Å². The van der Waals surface area contributed by atoms with E-state index in [4.69, 9.17) is 10.2 Å². The molecule has 15 heavy (non-hydrogen) atoms. The van der Waals surface area contributed by atoms with Gasteiger partial charge >= 0.3 is 0 Å². The van der Waals surface area contributed by atoms with Crippen LogP contribution >= 0.6 is 0 Å². The molecule has 0 bridgehead atoms. The fourth-order valence-electron chi connectivity index (χ4n) is 1.47. The molecule has 3 nitrogen and oxygen atoms in total. The Hall–Kier alpha value is -1.90. The molecule has 0 spiro atoms. The Bertz CT molecular complexity index is 423. The number of nitrogens with one attached hydrogen (secondary N) is 1. The molecule has 0 saturated heterocycles. The van der Waals surface area contributed by atoms with E-state index in [0.717, 1.165) is 17.1 Å². The number of nitrogen functional groups attached to an aromatic ring is 1. The van der Waals surface area contributed by atoms with Gasteiger partial charge in [-0.15, -0.1) is 0 Å². The topological polar surface area (TPSA) is 51.2 Å². The van der Waals surface area contributed by atoms with Crippen LogP contribution in [-0.2, 0) is 0 Å². The standard InChI is InChI=1S/C12H14N2O/c1-9(12-7-4-8-15-12)14-11-6-3-2-5-10(11)13/h2-9,14H,13H2,1H3/t9-/m0/s1. The van der Waals surface area contributed by atoms with Crippen LogP contribution in [0.3, 0.4) is 0 Å². The van der Waals surface area contributed by atoms with Crippen molar-refractivity contribution in [3.8, 4) is 0 Å². The van der Waals surface area contributed by atoms with E-state index < -0.39 is 0 Å². The summed E-state index contributed by atoms with van der Waals surface area (Å²) >= 11 is 0. The highest BCUT2D eigenvalue weighted by Crippen LogP contribution is 2.23. The lowest BCUT2D eigenvalue weighted by molar-refractivity contribution is 0.490. The number of benzene rings is 1. The van der Waals surface area contributed by atoms with Crippen molar-refractivity contribution in [2.24, 2.45) is 0 Å². The lowest BCUT2D eigenvalue weighted by Gasteiger charge is -2.14. The van der Waals surface area contributed by atoms with Crippen LogP contribution in [0.25, 0.3) is 0 Å². The van der Waals surface area contributed by atoms with Gasteiger partial charge in [-0.1, -0.05) is 12.1 Å². The maximum absolute atomic E-state index is 5.83. The van der Waals surface area contributed by atoms with Gasteiger partial charge < -0.3 is 15.5 Å². The lowest BCUT2D eigenvalue weighted by Crippen LogP contribution is -2.07. The van der Waals surface area contributed by atoms with Gasteiger partial charge in [0.25, 0.3) is 0 Å². The fourth-order valence-corrected chi connectivity index (χ4v) is 1.47. The average molecular weight is 202 g/mol. The highest BCUT2D eigenvalue weighted by Gasteiger charge is 2.08. The van der Waals surface area contributed by atoms with Crippen molar-refractivity contribution in [2.75, 3.05) is 11.1 Å². The van der Waals surface area contributed by atoms with Crippen LogP contribution in [0.2, 0.25) is 0 Å². The van der Waals surface area contributed by atoms with Gasteiger partial charge in [0.05, 0.1) is 23.7 Å². The summed E-state index contributed by atoms with van der Waals surface area (Å²) in [4.78, 5) is 0. The van der Waals surface area contributed by atoms with E-state index in [0.29, 0.717) is 0 Å². The molecule has 3 N–H and O–H groups in total. The fraction of sp³-hybridized carbons (Fsp3) is 0.167. The first-order valence-corrected chi connectivity index (χ1v) is 4.92. The van der Waals surface area contributed by atoms with E-state index in [2.05, 4.69) is 5.32 Å². The van der Waals surface area contributed by atoms with E-state index in [-0.39, 0.29) is 6.04 Å². The molecule has 0 aliphatic heterocycles. The molecule has 78 valence electrons. The second-order valence-corrected chi connectivity index (χ2v) is 3.47. The Morgan fingerprint density at radius 1 is 1.20 bits per heavy atom. The van der Waals surface area contributed by atoms with Crippen molar-refractivity contribution in [1.82, 2.24) is 0 Å². The molecule has 2 aromatic rings. The Labute approximate surface area is 88.9 Å². The molecule has 1 aromatic heterocycles. The largest absolute Gasteiger partial charge is 0.467 e. The monoisotopic (exact) mass is 202 g/mol. The van der Waals surface area contributed by atoms with Crippen molar-refractivity contribution < 1.29 is 4.42 Å². The molecule has 0 aliphatic rings. The summed E-state index contributed by atoms with van der Waals surface area (Å²) in [7, 11) is 0. The number of nitrogens with two attached hydrogens (primary N) is 1. The van der Waals surface area contributed by atoms with Crippen molar-refractivity contribution in [3.63, 3.8) is 0 Å². The Morgan fingerprint density at radius 2 is 2.00 bits per heavy atom. The number of hydrogen-bond acceptors (Lipinski definition) is 3. The van der Waals surface area contributed by atoms with Gasteiger partial charge in [-0.25, -0.2) is 0 Å². The van der Waals surface area contributed by atoms with Crippen LogP contribution in [0.4, 0.5) is 11.4 Å². The van der Waals surface area contributed by atoms with Gasteiger partial charge in [0.15, 0.2) is 0 Å². The predicted octanol–water partition coefficient (Wildman–Crippen LogP) is 3.03. The van der Waals surface area contributed by atoms with E-state index in [1.807, 2.05) is 43.3 Å². The second-order valence-electron chi connectivity index (χ2n) is 3.47. The summed E-state index contributed by atoms with van der Waals surface area (Å²) in [5.41, 5.74) is 7.51. The molecular weight excluding hydrogens is 188 g/mol. The van der Waals surface area contributed by atoms with Gasteiger partial charge in [0.1, 0.15) is 5.76 Å². The Kier molecular flexibility index (Phi) is 2.63. The van der Waals surface area contributed by atoms with E-state index >= 15 is 0 Å². The van der Waals surface area contributed by atoms with Crippen LogP contribution < -0.4 is 11.1 Å². The number of furan rings is 1. The molecule has 3 heteroatoms. The van der Waals surface area contributed by atoms with Crippen molar-refractivity contribution in [2.45, 2.75) is 13.0 Å². The van der Waals surface area contributed by atoms with Crippen LogP contribution in [0.15, 0.2) is 47.1 Å². The van der Waals surface area contributed by atoms with Gasteiger partial charge in [-0.2, -0.15) is 0 Å². The second kappa shape index (κ2) is 4.09. The molecule has 0 amide bonds. The third kappa shape index (κ3) is 2.13. The first-order chi connectivity index (χ1) is 7.27. The summed E-state index contributed by atoms with van der Waals surface area (Å²) in [5, 5.41) is 3.29. The molecule has 0 fully saturated rings. The molecule has 1 aromatic carbocycles. The summed E-state index contributed by atoms with van der Waals surface area (Å²) in [6.07, 6.45) is 1.67. The first kappa shape index (κ1) is 9.65. The molecular formula is C12H14N2O. The highest BCUT2D eigenvalue weighted by atomic mass is 16.3. The minimum absolute atomic E-state index is 0.115. The summed E-state index contributed by atoms with van der Waals surface area (Å²) in [6.45, 7) is 2.03. The predicted molar refractivity (Wildman–Crippen MR) is 61.6 cm³/mol. The zero-order valence-corrected chi connectivity index (χ0v) is 8.60. The summed E-state index contributed by atoms with van der Waals surface area (Å²) in [5.74, 6) is 0.901. The maximum Gasteiger partial charge on any atom is 0.125 e. The minimum Gasteiger partial charge on any atom is -0.467 e. The zero-order chi connectivity index (χ0) is 10.7. The van der Waals surface area contributed by atoms with E-state index in [9.17, 15) is 0 Å². The molecule has 0 unspecified atom stereocenters. The zero-order valence-electron chi connectivity index (χ0n) is 8.60. The molecule has 2 rings (SSSR count). The SMILES string of the molecule is C[C@H](Nc1ccccc1N)c1ccco1. The first-order valence-electron chi connectivity index (χ1n) is 4.92. The average Bonchev–Trinajstić information content (AvgIpc) is 2.74. The van der Waals surface area contributed by atoms with Crippen LogP contribution in [0.5, 0.6) is 0 Å². The van der Waals surface area contributed by atoms with Crippen LogP contribution in [0, 0.1) is 0 Å². The highest BCUT2D eigenvalue weighted by molar-refractivity contribution is 5.66. The van der Waals surface area contributed by atoms with Crippen LogP contribution in [0.1, 0.15) is 18.7 Å². The third-order valence-corrected chi connectivity index (χ3v) is 2.30. The van der Waals surface area contributed by atoms with Crippen LogP contribution in [-0.4, -0.2) is 0 Å². The normalized spacial score (nSPS) is 12.3. The van der Waals surface area contributed by atoms with Gasteiger partial charge in [0, 0.05) is 0 Å². The van der Waals surface area contributed by atoms with E-state index in [1.54, 1.807) is 6.26 Å². The number of rotatable bonds is 3. The minimum atomic E-state index is 0.115. The third-order valence-electron chi connectivity index (χ3n) is 2.30. The lowest BCUT2D eigenvalue weighted by atomic mass is 10.2. The molecule has 1 atom stereocenters. The molecule has 1 heterocycles. The maximum atomic E-state index is 5.83. The molecule has 0 radical (unpaired) electrons. The van der Waals surface area contributed by atoms with E-state index in [1.165, 1.54) is 0 Å². The Morgan fingerprint density at radius 3 is 2.67 bits per heavy atom. The number of anilines is 2. The molecule has 0 saturated carbocycles. The van der Waals surface area contributed by atoms with Crippen molar-refractivity contribution in [3.05, 3.63) is 48.4 Å². The molecule has 0 aliphatic carbocycles. The quantitative estimate of drug-likeness (QED) is 0.752. The Balaban J connectivity index is 2.13. The van der Waals surface area contributed by atoms with Gasteiger partial charge in [-0.3, -0.25) is 0 Å². The summed E-state index contributed by atoms with van der Waals surface area (Å²) in [6, 6.07) is 11.6.